The highest BCUT2D eigenvalue weighted by Gasteiger charge is 2.38. The summed E-state index contributed by atoms with van der Waals surface area (Å²) in [5.41, 5.74) is 0. The number of halogens is 1. The first kappa shape index (κ1) is 15.7. The first-order valence-electron chi connectivity index (χ1n) is 9.24. The second kappa shape index (κ2) is 6.95. The van der Waals surface area contributed by atoms with E-state index in [-0.39, 0.29) is 0 Å². The van der Waals surface area contributed by atoms with Gasteiger partial charge in [-0.25, -0.2) is 4.39 Å². The third kappa shape index (κ3) is 3.98. The van der Waals surface area contributed by atoms with Crippen molar-refractivity contribution in [2.24, 2.45) is 11.8 Å². The van der Waals surface area contributed by atoms with E-state index in [2.05, 4.69) is 23.6 Å². The topological polar surface area (TPSA) is 6.48 Å². The lowest BCUT2D eigenvalue weighted by Gasteiger charge is -2.44. The van der Waals surface area contributed by atoms with E-state index < -0.39 is 6.17 Å². The van der Waals surface area contributed by atoms with Gasteiger partial charge >= 0.3 is 0 Å². The third-order valence-electron chi connectivity index (χ3n) is 6.02. The van der Waals surface area contributed by atoms with Crippen LogP contribution in [0.5, 0.6) is 0 Å². The summed E-state index contributed by atoms with van der Waals surface area (Å²) in [5.74, 6) is 1.79. The molecule has 1 saturated carbocycles. The zero-order valence-electron chi connectivity index (χ0n) is 13.9. The van der Waals surface area contributed by atoms with Gasteiger partial charge in [0, 0.05) is 38.3 Å². The van der Waals surface area contributed by atoms with E-state index in [0.29, 0.717) is 12.6 Å². The van der Waals surface area contributed by atoms with Gasteiger partial charge in [0.05, 0.1) is 0 Å². The molecule has 0 amide bonds. The van der Waals surface area contributed by atoms with Crippen LogP contribution in [-0.4, -0.2) is 54.2 Å². The summed E-state index contributed by atoms with van der Waals surface area (Å²) in [4.78, 5) is 5.10. The fourth-order valence-corrected chi connectivity index (χ4v) is 4.76. The van der Waals surface area contributed by atoms with Crippen molar-refractivity contribution < 1.29 is 4.39 Å². The first-order valence-corrected chi connectivity index (χ1v) is 9.24. The second-order valence-corrected chi connectivity index (χ2v) is 8.13. The summed E-state index contributed by atoms with van der Waals surface area (Å²) in [6, 6.07) is 1.29. The largest absolute Gasteiger partial charge is 0.298 e. The molecule has 0 N–H and O–H groups in total. The zero-order chi connectivity index (χ0) is 14.8. The molecular formula is C18H33FN2. The average molecular weight is 296 g/mol. The highest BCUT2D eigenvalue weighted by molar-refractivity contribution is 4.94. The van der Waals surface area contributed by atoms with E-state index in [1.807, 2.05) is 0 Å². The standard InChI is InChI=1S/C18H33FN2/c1-14(2)6-7-15-4-3-5-17(10-15)21-9-8-20-12-16(19)11-18(20)13-21/h14-18H,3-13H2,1-2H3. The van der Waals surface area contributed by atoms with Crippen molar-refractivity contribution in [2.75, 3.05) is 26.2 Å². The Morgan fingerprint density at radius 1 is 1.00 bits per heavy atom. The van der Waals surface area contributed by atoms with Crippen LogP contribution in [0, 0.1) is 11.8 Å². The second-order valence-electron chi connectivity index (χ2n) is 8.13. The minimum Gasteiger partial charge on any atom is -0.298 e. The lowest BCUT2D eigenvalue weighted by Crippen LogP contribution is -2.54. The molecule has 4 atom stereocenters. The molecule has 3 aliphatic rings. The van der Waals surface area contributed by atoms with Crippen LogP contribution in [0.4, 0.5) is 4.39 Å². The molecule has 0 spiro atoms. The van der Waals surface area contributed by atoms with Crippen molar-refractivity contribution >= 4 is 0 Å². The molecule has 2 saturated heterocycles. The molecular weight excluding hydrogens is 263 g/mol. The van der Waals surface area contributed by atoms with Crippen molar-refractivity contribution in [1.29, 1.82) is 0 Å². The van der Waals surface area contributed by atoms with E-state index in [9.17, 15) is 4.39 Å². The van der Waals surface area contributed by atoms with Gasteiger partial charge in [0.25, 0.3) is 0 Å². The fraction of sp³-hybridized carbons (Fsp3) is 1.00. The quantitative estimate of drug-likeness (QED) is 0.780. The van der Waals surface area contributed by atoms with Crippen LogP contribution in [0.2, 0.25) is 0 Å². The summed E-state index contributed by atoms with van der Waals surface area (Å²) in [5, 5.41) is 0. The van der Waals surface area contributed by atoms with Gasteiger partial charge in [-0.3, -0.25) is 9.80 Å². The lowest BCUT2D eigenvalue weighted by molar-refractivity contribution is 0.0456. The molecule has 2 aliphatic heterocycles. The smallest absolute Gasteiger partial charge is 0.114 e. The summed E-state index contributed by atoms with van der Waals surface area (Å²) >= 11 is 0. The van der Waals surface area contributed by atoms with E-state index >= 15 is 0 Å². The molecule has 0 aromatic heterocycles. The number of piperazine rings is 1. The number of hydrogen-bond acceptors (Lipinski definition) is 2. The van der Waals surface area contributed by atoms with Crippen LogP contribution in [0.15, 0.2) is 0 Å². The molecule has 0 radical (unpaired) electrons. The van der Waals surface area contributed by atoms with E-state index in [4.69, 9.17) is 0 Å². The Balaban J connectivity index is 1.50. The van der Waals surface area contributed by atoms with E-state index in [0.717, 1.165) is 37.4 Å². The highest BCUT2D eigenvalue weighted by Crippen LogP contribution is 2.34. The molecule has 122 valence electrons. The minimum atomic E-state index is -0.569. The monoisotopic (exact) mass is 296 g/mol. The molecule has 2 nitrogen and oxygen atoms in total. The zero-order valence-corrected chi connectivity index (χ0v) is 13.9. The minimum absolute atomic E-state index is 0.504. The molecule has 21 heavy (non-hydrogen) atoms. The Kier molecular flexibility index (Phi) is 5.21. The van der Waals surface area contributed by atoms with Crippen LogP contribution < -0.4 is 0 Å². The highest BCUT2D eigenvalue weighted by atomic mass is 19.1. The van der Waals surface area contributed by atoms with Gasteiger partial charge in [0.1, 0.15) is 6.17 Å². The molecule has 0 aromatic carbocycles. The summed E-state index contributed by atoms with van der Waals surface area (Å²) in [6.07, 6.45) is 8.65. The van der Waals surface area contributed by atoms with Gasteiger partial charge in [-0.1, -0.05) is 39.5 Å². The summed E-state index contributed by atoms with van der Waals surface area (Å²) in [6.45, 7) is 8.77. The van der Waals surface area contributed by atoms with Crippen LogP contribution in [-0.2, 0) is 0 Å². The lowest BCUT2D eigenvalue weighted by atomic mass is 9.81. The molecule has 4 unspecified atom stereocenters. The molecule has 0 aromatic rings. The number of rotatable bonds is 4. The van der Waals surface area contributed by atoms with Crippen molar-refractivity contribution in [3.05, 3.63) is 0 Å². The van der Waals surface area contributed by atoms with Crippen LogP contribution in [0.1, 0.15) is 58.8 Å². The van der Waals surface area contributed by atoms with Gasteiger partial charge in [0.2, 0.25) is 0 Å². The maximum Gasteiger partial charge on any atom is 0.114 e. The van der Waals surface area contributed by atoms with E-state index in [1.54, 1.807) is 0 Å². The molecule has 3 fully saturated rings. The molecule has 2 heterocycles. The van der Waals surface area contributed by atoms with Gasteiger partial charge in [-0.05, 0) is 31.1 Å². The summed E-state index contributed by atoms with van der Waals surface area (Å²) in [7, 11) is 0. The number of nitrogens with zero attached hydrogens (tertiary/aromatic N) is 2. The Morgan fingerprint density at radius 3 is 2.52 bits per heavy atom. The van der Waals surface area contributed by atoms with Crippen molar-refractivity contribution in [1.82, 2.24) is 9.80 Å². The van der Waals surface area contributed by atoms with Gasteiger partial charge in [0.15, 0.2) is 0 Å². The van der Waals surface area contributed by atoms with Gasteiger partial charge < -0.3 is 0 Å². The average Bonchev–Trinajstić information content (AvgIpc) is 2.84. The van der Waals surface area contributed by atoms with Crippen molar-refractivity contribution in [2.45, 2.75) is 77.0 Å². The normalized spacial score (nSPS) is 38.9. The molecule has 1 aliphatic carbocycles. The predicted octanol–water partition coefficient (Wildman–Crippen LogP) is 3.71. The van der Waals surface area contributed by atoms with Gasteiger partial charge in [-0.15, -0.1) is 0 Å². The van der Waals surface area contributed by atoms with Crippen LogP contribution in [0.25, 0.3) is 0 Å². The van der Waals surface area contributed by atoms with E-state index in [1.165, 1.54) is 45.1 Å². The maximum absolute atomic E-state index is 13.6. The molecule has 3 rings (SSSR count). The first-order chi connectivity index (χ1) is 10.1. The maximum atomic E-state index is 13.6. The van der Waals surface area contributed by atoms with Gasteiger partial charge in [-0.2, -0.15) is 0 Å². The molecule has 3 heteroatoms. The molecule has 0 bridgehead atoms. The Morgan fingerprint density at radius 2 is 1.76 bits per heavy atom. The fourth-order valence-electron chi connectivity index (χ4n) is 4.76. The third-order valence-corrected chi connectivity index (χ3v) is 6.02. The number of alkyl halides is 1. The SMILES string of the molecule is CC(C)CCC1CCCC(N2CCN3CC(F)CC3C2)C1. The van der Waals surface area contributed by atoms with Crippen LogP contribution in [0.3, 0.4) is 0 Å². The Bertz CT molecular complexity index is 333. The number of fused-ring (bicyclic) bond motifs is 1. The Labute approximate surface area is 130 Å². The van der Waals surface area contributed by atoms with Crippen molar-refractivity contribution in [3.63, 3.8) is 0 Å². The Hall–Kier alpha value is -0.150. The summed E-state index contributed by atoms with van der Waals surface area (Å²) < 4.78 is 13.6. The van der Waals surface area contributed by atoms with Crippen LogP contribution >= 0.6 is 0 Å². The van der Waals surface area contributed by atoms with Crippen molar-refractivity contribution in [3.8, 4) is 0 Å². The predicted molar refractivity (Wildman–Crippen MR) is 86.3 cm³/mol. The number of hydrogen-bond donors (Lipinski definition) is 0.